The maximum Gasteiger partial charge on any atom is 0.227 e. The molecule has 8 heteroatoms. The van der Waals surface area contributed by atoms with Gasteiger partial charge in [-0.2, -0.15) is 0 Å². The van der Waals surface area contributed by atoms with Gasteiger partial charge in [-0.05, 0) is 70.7 Å². The number of carbonyl (C=O) groups is 1. The molecule has 0 radical (unpaired) electrons. The number of rotatable bonds is 7. The molecule has 6 nitrogen and oxygen atoms in total. The Morgan fingerprint density at radius 1 is 1.18 bits per heavy atom. The van der Waals surface area contributed by atoms with Gasteiger partial charge in [-0.15, -0.1) is 11.3 Å². The van der Waals surface area contributed by atoms with Gasteiger partial charge in [-0.3, -0.25) is 4.79 Å². The maximum absolute atomic E-state index is 14.1. The molecule has 1 aromatic heterocycles. The van der Waals surface area contributed by atoms with Crippen molar-refractivity contribution in [2.24, 2.45) is 0 Å². The lowest BCUT2D eigenvalue weighted by Crippen LogP contribution is -2.26. The number of aromatic hydroxyl groups is 1. The van der Waals surface area contributed by atoms with Crippen molar-refractivity contribution in [2.45, 2.75) is 13.3 Å². The van der Waals surface area contributed by atoms with E-state index in [-0.39, 0.29) is 41.9 Å². The molecule has 33 heavy (non-hydrogen) atoms. The summed E-state index contributed by atoms with van der Waals surface area (Å²) in [6.45, 7) is 2.22. The van der Waals surface area contributed by atoms with Crippen LogP contribution in [0.15, 0.2) is 47.5 Å². The number of phenols is 1. The third-order valence-electron chi connectivity index (χ3n) is 5.52. The van der Waals surface area contributed by atoms with Crippen molar-refractivity contribution in [1.82, 2.24) is 10.3 Å². The van der Waals surface area contributed by atoms with Crippen LogP contribution in [0.2, 0.25) is 0 Å². The summed E-state index contributed by atoms with van der Waals surface area (Å²) in [6, 6.07) is 8.05. The van der Waals surface area contributed by atoms with Crippen LogP contribution in [0.1, 0.15) is 28.6 Å². The zero-order valence-corrected chi connectivity index (χ0v) is 19.3. The number of fused-ring (bicyclic) bond motifs is 1. The standard InChI is InChI=1S/C25H23FN2O4S/c1-14-18(8-15-9-21(31-2)25(30)22(10-15)32-3)17-5-4-16(26)11-19(17)20(14)13-28-23(29)12-24-27-6-7-33-24/h4-11,30H,12-13H2,1-3H3,(H,28,29)/b18-8-. The van der Waals surface area contributed by atoms with Crippen molar-refractivity contribution in [3.05, 3.63) is 75.0 Å². The van der Waals surface area contributed by atoms with Gasteiger partial charge in [0.25, 0.3) is 0 Å². The normalized spacial score (nSPS) is 13.9. The summed E-state index contributed by atoms with van der Waals surface area (Å²) in [4.78, 5) is 16.5. The molecule has 2 aromatic carbocycles. The molecule has 1 aliphatic carbocycles. The van der Waals surface area contributed by atoms with Gasteiger partial charge in [0.05, 0.1) is 20.6 Å². The number of phenolic OH excluding ortho intramolecular Hbond substituents is 1. The van der Waals surface area contributed by atoms with Crippen molar-refractivity contribution in [1.29, 1.82) is 0 Å². The Balaban J connectivity index is 1.69. The molecule has 2 N–H and O–H groups in total. The number of thiazole rings is 1. The minimum atomic E-state index is -0.345. The third kappa shape index (κ3) is 4.61. The molecule has 1 heterocycles. The molecule has 0 bridgehead atoms. The topological polar surface area (TPSA) is 80.7 Å². The molecular formula is C25H23FN2O4S. The van der Waals surface area contributed by atoms with E-state index in [1.807, 2.05) is 18.4 Å². The summed E-state index contributed by atoms with van der Waals surface area (Å²) in [5.74, 6) is 0.00706. The highest BCUT2D eigenvalue weighted by molar-refractivity contribution is 7.09. The van der Waals surface area contributed by atoms with Gasteiger partial charge in [0.15, 0.2) is 11.5 Å². The van der Waals surface area contributed by atoms with E-state index < -0.39 is 0 Å². The van der Waals surface area contributed by atoms with Crippen LogP contribution < -0.4 is 14.8 Å². The highest BCUT2D eigenvalue weighted by atomic mass is 32.1. The number of hydrogen-bond acceptors (Lipinski definition) is 6. The molecule has 1 amide bonds. The summed E-state index contributed by atoms with van der Waals surface area (Å²) in [7, 11) is 2.94. The van der Waals surface area contributed by atoms with Gasteiger partial charge in [-0.25, -0.2) is 9.37 Å². The van der Waals surface area contributed by atoms with Crippen molar-refractivity contribution < 1.29 is 23.8 Å². The monoisotopic (exact) mass is 466 g/mol. The van der Waals surface area contributed by atoms with Crippen molar-refractivity contribution in [3.8, 4) is 17.2 Å². The summed E-state index contributed by atoms with van der Waals surface area (Å²) in [6.07, 6.45) is 3.80. The fourth-order valence-corrected chi connectivity index (χ4v) is 4.49. The molecular weight excluding hydrogens is 443 g/mol. The Labute approximate surface area is 195 Å². The van der Waals surface area contributed by atoms with Crippen LogP contribution in [0.5, 0.6) is 17.2 Å². The zero-order valence-electron chi connectivity index (χ0n) is 18.4. The molecule has 0 fully saturated rings. The molecule has 3 aromatic rings. The summed E-state index contributed by atoms with van der Waals surface area (Å²) >= 11 is 1.43. The molecule has 0 spiro atoms. The lowest BCUT2D eigenvalue weighted by atomic mass is 10.00. The Hall–Kier alpha value is -3.65. The van der Waals surface area contributed by atoms with E-state index in [4.69, 9.17) is 9.47 Å². The van der Waals surface area contributed by atoms with Crippen molar-refractivity contribution >= 4 is 34.5 Å². The number of halogens is 1. The number of ether oxygens (including phenoxy) is 2. The second kappa shape index (κ2) is 9.46. The van der Waals surface area contributed by atoms with Crippen LogP contribution in [-0.4, -0.2) is 36.8 Å². The number of nitrogens with one attached hydrogen (secondary N) is 1. The maximum atomic E-state index is 14.1. The first-order valence-corrected chi connectivity index (χ1v) is 11.1. The summed E-state index contributed by atoms with van der Waals surface area (Å²) < 4.78 is 24.6. The van der Waals surface area contributed by atoms with E-state index in [1.54, 1.807) is 24.4 Å². The number of benzene rings is 2. The van der Waals surface area contributed by atoms with E-state index in [0.717, 1.165) is 38.4 Å². The van der Waals surface area contributed by atoms with Crippen LogP contribution in [0, 0.1) is 5.82 Å². The highest BCUT2D eigenvalue weighted by Crippen LogP contribution is 2.44. The molecule has 0 saturated carbocycles. The van der Waals surface area contributed by atoms with E-state index in [9.17, 15) is 14.3 Å². The van der Waals surface area contributed by atoms with Crippen molar-refractivity contribution in [2.75, 3.05) is 20.8 Å². The first kappa shape index (κ1) is 22.5. The van der Waals surface area contributed by atoms with Gasteiger partial charge < -0.3 is 19.9 Å². The van der Waals surface area contributed by atoms with E-state index >= 15 is 0 Å². The van der Waals surface area contributed by atoms with E-state index in [2.05, 4.69) is 10.3 Å². The number of aromatic nitrogens is 1. The average molecular weight is 467 g/mol. The van der Waals surface area contributed by atoms with Gasteiger partial charge >= 0.3 is 0 Å². The van der Waals surface area contributed by atoms with Gasteiger partial charge in [0.2, 0.25) is 11.7 Å². The second-order valence-corrected chi connectivity index (χ2v) is 8.48. The molecule has 170 valence electrons. The Bertz CT molecular complexity index is 1240. The fourth-order valence-electron chi connectivity index (χ4n) is 3.87. The van der Waals surface area contributed by atoms with E-state index in [0.29, 0.717) is 0 Å². The Morgan fingerprint density at radius 3 is 2.55 bits per heavy atom. The smallest absolute Gasteiger partial charge is 0.227 e. The van der Waals surface area contributed by atoms with Gasteiger partial charge in [0.1, 0.15) is 10.8 Å². The highest BCUT2D eigenvalue weighted by Gasteiger charge is 2.25. The first-order valence-electron chi connectivity index (χ1n) is 10.2. The number of hydrogen-bond donors (Lipinski definition) is 2. The fraction of sp³-hybridized carbons (Fsp3) is 0.200. The molecule has 0 unspecified atom stereocenters. The number of nitrogens with zero attached hydrogens (tertiary/aromatic N) is 1. The van der Waals surface area contributed by atoms with Crippen LogP contribution in [0.25, 0.3) is 17.2 Å². The molecule has 1 aliphatic rings. The lowest BCUT2D eigenvalue weighted by molar-refractivity contribution is -0.120. The Morgan fingerprint density at radius 2 is 1.91 bits per heavy atom. The Kier molecular flexibility index (Phi) is 6.46. The molecule has 0 atom stereocenters. The third-order valence-corrected chi connectivity index (χ3v) is 6.30. The van der Waals surface area contributed by atoms with Gasteiger partial charge in [-0.1, -0.05) is 6.07 Å². The zero-order chi connectivity index (χ0) is 23.5. The summed E-state index contributed by atoms with van der Waals surface area (Å²) in [5, 5.41) is 15.7. The first-order chi connectivity index (χ1) is 15.9. The van der Waals surface area contributed by atoms with Crippen molar-refractivity contribution in [3.63, 3.8) is 0 Å². The number of methoxy groups -OCH3 is 2. The molecule has 0 aliphatic heterocycles. The largest absolute Gasteiger partial charge is 0.502 e. The second-order valence-electron chi connectivity index (χ2n) is 7.50. The number of amides is 1. The predicted molar refractivity (Wildman–Crippen MR) is 127 cm³/mol. The van der Waals surface area contributed by atoms with Crippen LogP contribution in [-0.2, 0) is 11.2 Å². The molecule has 0 saturated heterocycles. The lowest BCUT2D eigenvalue weighted by Gasteiger charge is -2.11. The van der Waals surface area contributed by atoms with Crippen LogP contribution in [0.4, 0.5) is 4.39 Å². The number of carbonyl (C=O) groups excluding carboxylic acids is 1. The number of allylic oxidation sites excluding steroid dienone is 2. The van der Waals surface area contributed by atoms with E-state index in [1.165, 1.54) is 37.7 Å². The SMILES string of the molecule is COc1cc(/C=C2/C(C)=C(CNC(=O)Cc3nccs3)c3cc(F)ccc32)cc(OC)c1O. The quantitative estimate of drug-likeness (QED) is 0.528. The summed E-state index contributed by atoms with van der Waals surface area (Å²) in [5.41, 5.74) is 5.02. The van der Waals surface area contributed by atoms with Gasteiger partial charge in [0, 0.05) is 18.1 Å². The molecule has 4 rings (SSSR count). The predicted octanol–water partition coefficient (Wildman–Crippen LogP) is 4.69. The average Bonchev–Trinajstić information content (AvgIpc) is 3.39. The van der Waals surface area contributed by atoms with Crippen LogP contribution >= 0.6 is 11.3 Å². The minimum absolute atomic E-state index is 0.0769. The van der Waals surface area contributed by atoms with Crippen LogP contribution in [0.3, 0.4) is 0 Å². The minimum Gasteiger partial charge on any atom is -0.502 e.